The van der Waals surface area contributed by atoms with E-state index in [2.05, 4.69) is 21.3 Å². The van der Waals surface area contributed by atoms with Crippen LogP contribution in [0.5, 0.6) is 0 Å². The summed E-state index contributed by atoms with van der Waals surface area (Å²) in [5.41, 5.74) is 2.72. The summed E-state index contributed by atoms with van der Waals surface area (Å²) in [5.74, 6) is -0.113. The molecule has 0 unspecified atom stereocenters. The molecule has 3 rings (SSSR count). The van der Waals surface area contributed by atoms with Crippen molar-refractivity contribution in [1.82, 2.24) is 15.2 Å². The van der Waals surface area contributed by atoms with Gasteiger partial charge in [0.2, 0.25) is 0 Å². The highest BCUT2D eigenvalue weighted by Gasteiger charge is 2.21. The molecule has 27 heavy (non-hydrogen) atoms. The number of aliphatic hydroxyl groups excluding tert-OH is 1. The van der Waals surface area contributed by atoms with Gasteiger partial charge in [0, 0.05) is 36.5 Å². The van der Waals surface area contributed by atoms with E-state index in [1.165, 1.54) is 0 Å². The Bertz CT molecular complexity index is 814. The third-order valence-electron chi connectivity index (χ3n) is 4.98. The molecule has 0 radical (unpaired) electrons. The van der Waals surface area contributed by atoms with E-state index in [1.54, 1.807) is 30.5 Å². The largest absolute Gasteiger partial charge is 0.395 e. The number of nitrogens with zero attached hydrogens (tertiary/aromatic N) is 3. The first-order valence-electron chi connectivity index (χ1n) is 9.31. The standard InChI is InChI=1S/C21H24N4O2/c22-14-16-8-9-23-20(13-16)17-4-6-18(7-5-17)21(27)24-10-12-25-11-2-1-3-19(25)15-26/h4-9,13,19,26H,1-3,10-12,15H2,(H,24,27)/t19-/m0/s1. The first kappa shape index (κ1) is 19.0. The summed E-state index contributed by atoms with van der Waals surface area (Å²) in [5, 5.41) is 21.4. The molecule has 6 heteroatoms. The maximum Gasteiger partial charge on any atom is 0.251 e. The number of likely N-dealkylation sites (tertiary alicyclic amines) is 1. The van der Waals surface area contributed by atoms with Crippen molar-refractivity contribution >= 4 is 5.91 Å². The summed E-state index contributed by atoms with van der Waals surface area (Å²) in [6.45, 7) is 2.46. The van der Waals surface area contributed by atoms with Crippen molar-refractivity contribution in [2.45, 2.75) is 25.3 Å². The fraction of sp³-hybridized carbons (Fsp3) is 0.381. The Balaban J connectivity index is 1.55. The zero-order chi connectivity index (χ0) is 19.1. The number of hydrogen-bond donors (Lipinski definition) is 2. The van der Waals surface area contributed by atoms with Crippen LogP contribution in [0.2, 0.25) is 0 Å². The Hall–Kier alpha value is -2.75. The molecule has 2 N–H and O–H groups in total. The highest BCUT2D eigenvalue weighted by molar-refractivity contribution is 5.94. The fourth-order valence-corrected chi connectivity index (χ4v) is 3.43. The van der Waals surface area contributed by atoms with Gasteiger partial charge >= 0.3 is 0 Å². The third kappa shape index (κ3) is 4.91. The Morgan fingerprint density at radius 1 is 1.30 bits per heavy atom. The average molecular weight is 364 g/mol. The molecule has 1 aromatic heterocycles. The van der Waals surface area contributed by atoms with E-state index in [9.17, 15) is 9.90 Å². The van der Waals surface area contributed by atoms with Crippen molar-refractivity contribution in [3.05, 3.63) is 53.7 Å². The van der Waals surface area contributed by atoms with E-state index in [-0.39, 0.29) is 18.6 Å². The van der Waals surface area contributed by atoms with Gasteiger partial charge in [-0.25, -0.2) is 0 Å². The molecule has 0 bridgehead atoms. The predicted octanol–water partition coefficient (Wildman–Crippen LogP) is 2.20. The molecular formula is C21H24N4O2. The Kier molecular flexibility index (Phi) is 6.53. The van der Waals surface area contributed by atoms with Crippen LogP contribution >= 0.6 is 0 Å². The number of rotatable bonds is 6. The van der Waals surface area contributed by atoms with Crippen molar-refractivity contribution in [2.75, 3.05) is 26.2 Å². The first-order chi connectivity index (χ1) is 13.2. The maximum absolute atomic E-state index is 12.3. The minimum Gasteiger partial charge on any atom is -0.395 e. The number of nitriles is 1. The lowest BCUT2D eigenvalue weighted by atomic mass is 10.0. The van der Waals surface area contributed by atoms with E-state index < -0.39 is 0 Å². The van der Waals surface area contributed by atoms with Gasteiger partial charge in [-0.05, 0) is 43.7 Å². The number of amides is 1. The molecule has 1 amide bonds. The second-order valence-corrected chi connectivity index (χ2v) is 6.74. The number of carbonyl (C=O) groups is 1. The molecule has 0 aliphatic carbocycles. The van der Waals surface area contributed by atoms with Crippen molar-refractivity contribution < 1.29 is 9.90 Å². The average Bonchev–Trinajstić information content (AvgIpc) is 2.74. The number of hydrogen-bond acceptors (Lipinski definition) is 5. The SMILES string of the molecule is N#Cc1ccnc(-c2ccc(C(=O)NCCN3CCCC[C@H]3CO)cc2)c1. The van der Waals surface area contributed by atoms with Crippen LogP contribution in [-0.4, -0.2) is 53.2 Å². The summed E-state index contributed by atoms with van der Waals surface area (Å²) >= 11 is 0. The van der Waals surface area contributed by atoms with Gasteiger partial charge in [0.1, 0.15) is 0 Å². The molecule has 1 atom stereocenters. The molecule has 1 aliphatic rings. The summed E-state index contributed by atoms with van der Waals surface area (Å²) < 4.78 is 0. The van der Waals surface area contributed by atoms with Gasteiger partial charge in [0.25, 0.3) is 5.91 Å². The molecule has 2 aromatic rings. The van der Waals surface area contributed by atoms with Crippen LogP contribution in [-0.2, 0) is 0 Å². The molecule has 0 spiro atoms. The second kappa shape index (κ2) is 9.26. The maximum atomic E-state index is 12.3. The predicted molar refractivity (Wildman–Crippen MR) is 103 cm³/mol. The molecule has 2 heterocycles. The van der Waals surface area contributed by atoms with E-state index in [0.29, 0.717) is 23.4 Å². The van der Waals surface area contributed by atoms with E-state index >= 15 is 0 Å². The van der Waals surface area contributed by atoms with Gasteiger partial charge in [-0.2, -0.15) is 5.26 Å². The summed E-state index contributed by atoms with van der Waals surface area (Å²) in [4.78, 5) is 18.9. The van der Waals surface area contributed by atoms with Crippen LogP contribution in [0.3, 0.4) is 0 Å². The molecule has 1 fully saturated rings. The molecule has 140 valence electrons. The summed E-state index contributed by atoms with van der Waals surface area (Å²) in [6, 6.07) is 12.9. The van der Waals surface area contributed by atoms with Crippen LogP contribution in [0, 0.1) is 11.3 Å². The van der Waals surface area contributed by atoms with Gasteiger partial charge in [-0.1, -0.05) is 18.6 Å². The van der Waals surface area contributed by atoms with Crippen LogP contribution in [0.25, 0.3) is 11.3 Å². The van der Waals surface area contributed by atoms with Crippen LogP contribution in [0.15, 0.2) is 42.6 Å². The fourth-order valence-electron chi connectivity index (χ4n) is 3.43. The number of pyridine rings is 1. The van der Waals surface area contributed by atoms with Crippen LogP contribution < -0.4 is 5.32 Å². The first-order valence-corrected chi connectivity index (χ1v) is 9.31. The Morgan fingerprint density at radius 3 is 2.85 bits per heavy atom. The van der Waals surface area contributed by atoms with Crippen LogP contribution in [0.1, 0.15) is 35.2 Å². The minimum absolute atomic E-state index is 0.113. The lowest BCUT2D eigenvalue weighted by molar-refractivity contribution is 0.0849. The zero-order valence-corrected chi connectivity index (χ0v) is 15.3. The van der Waals surface area contributed by atoms with Gasteiger partial charge in [-0.3, -0.25) is 14.7 Å². The van der Waals surface area contributed by atoms with Gasteiger partial charge in [0.15, 0.2) is 0 Å². The molecule has 0 saturated carbocycles. The number of carbonyl (C=O) groups excluding carboxylic acids is 1. The second-order valence-electron chi connectivity index (χ2n) is 6.74. The summed E-state index contributed by atoms with van der Waals surface area (Å²) in [6.07, 6.45) is 4.93. The minimum atomic E-state index is -0.113. The highest BCUT2D eigenvalue weighted by Crippen LogP contribution is 2.19. The normalized spacial score (nSPS) is 17.3. The molecule has 6 nitrogen and oxygen atoms in total. The quantitative estimate of drug-likeness (QED) is 0.820. The lowest BCUT2D eigenvalue weighted by Gasteiger charge is -2.34. The number of aliphatic hydroxyl groups is 1. The number of piperidine rings is 1. The van der Waals surface area contributed by atoms with Crippen LogP contribution in [0.4, 0.5) is 0 Å². The van der Waals surface area contributed by atoms with Gasteiger partial charge < -0.3 is 10.4 Å². The number of benzene rings is 1. The third-order valence-corrected chi connectivity index (χ3v) is 4.98. The van der Waals surface area contributed by atoms with E-state index in [1.807, 2.05) is 12.1 Å². The van der Waals surface area contributed by atoms with Gasteiger partial charge in [0.05, 0.1) is 23.9 Å². The molecule has 1 saturated heterocycles. The lowest BCUT2D eigenvalue weighted by Crippen LogP contribution is -2.45. The Morgan fingerprint density at radius 2 is 2.11 bits per heavy atom. The molecule has 1 aromatic carbocycles. The Labute approximate surface area is 159 Å². The van der Waals surface area contributed by atoms with Crippen molar-refractivity contribution in [2.24, 2.45) is 0 Å². The number of nitrogens with one attached hydrogen (secondary N) is 1. The monoisotopic (exact) mass is 364 g/mol. The molecular weight excluding hydrogens is 340 g/mol. The smallest absolute Gasteiger partial charge is 0.251 e. The van der Waals surface area contributed by atoms with E-state index in [0.717, 1.165) is 37.9 Å². The van der Waals surface area contributed by atoms with E-state index in [4.69, 9.17) is 5.26 Å². The highest BCUT2D eigenvalue weighted by atomic mass is 16.3. The van der Waals surface area contributed by atoms with Crippen molar-refractivity contribution in [1.29, 1.82) is 5.26 Å². The number of aromatic nitrogens is 1. The summed E-state index contributed by atoms with van der Waals surface area (Å²) in [7, 11) is 0. The topological polar surface area (TPSA) is 89.2 Å². The molecule has 1 aliphatic heterocycles. The van der Waals surface area contributed by atoms with Crippen molar-refractivity contribution in [3.8, 4) is 17.3 Å². The zero-order valence-electron chi connectivity index (χ0n) is 15.3. The van der Waals surface area contributed by atoms with Gasteiger partial charge in [-0.15, -0.1) is 0 Å². The van der Waals surface area contributed by atoms with Crippen molar-refractivity contribution in [3.63, 3.8) is 0 Å².